The molecule has 0 bridgehead atoms. The Morgan fingerprint density at radius 1 is 1.00 bits per heavy atom. The molecule has 1 saturated heterocycles. The molecule has 0 spiro atoms. The van der Waals surface area contributed by atoms with Gasteiger partial charge in [0.1, 0.15) is 0 Å². The summed E-state index contributed by atoms with van der Waals surface area (Å²) in [5.41, 5.74) is -0.269. The van der Waals surface area contributed by atoms with Crippen molar-refractivity contribution in [1.82, 2.24) is 4.90 Å². The zero-order chi connectivity index (χ0) is 18.9. The van der Waals surface area contributed by atoms with Crippen LogP contribution in [0.25, 0.3) is 0 Å². The van der Waals surface area contributed by atoms with Crippen molar-refractivity contribution >= 4 is 13.7 Å². The van der Waals surface area contributed by atoms with Gasteiger partial charge in [-0.05, 0) is 26.7 Å². The number of carbonyl (C=O) groups excluding carboxylic acids is 1. The number of phosphoric acid groups is 1. The molecule has 6 nitrogen and oxygen atoms in total. The molecular weight excluding hydrogens is 341 g/mol. The molecule has 25 heavy (non-hydrogen) atoms. The molecule has 1 aliphatic rings. The van der Waals surface area contributed by atoms with E-state index in [2.05, 4.69) is 20.8 Å². The van der Waals surface area contributed by atoms with Crippen LogP contribution in [-0.2, 0) is 18.4 Å². The maximum Gasteiger partial charge on any atom is 0.477 e. The monoisotopic (exact) mass is 377 g/mol. The van der Waals surface area contributed by atoms with E-state index in [4.69, 9.17) is 13.9 Å². The Hall–Kier alpha value is -0.420. The second kappa shape index (κ2) is 10.7. The molecule has 7 heteroatoms. The lowest BCUT2D eigenvalue weighted by Gasteiger charge is -2.44. The van der Waals surface area contributed by atoms with Crippen molar-refractivity contribution < 1.29 is 23.3 Å². The number of carbonyl (C=O) groups is 1. The van der Waals surface area contributed by atoms with Gasteiger partial charge in [0.2, 0.25) is 0 Å². The van der Waals surface area contributed by atoms with Gasteiger partial charge in [0.25, 0.3) is 12.2 Å². The summed E-state index contributed by atoms with van der Waals surface area (Å²) in [5, 5.41) is 0. The van der Waals surface area contributed by atoms with E-state index in [1.807, 2.05) is 6.92 Å². The Kier molecular flexibility index (Phi) is 9.65. The third kappa shape index (κ3) is 7.01. The summed E-state index contributed by atoms with van der Waals surface area (Å²) in [6.45, 7) is 8.97. The quantitative estimate of drug-likeness (QED) is 0.361. The number of hydrogen-bond acceptors (Lipinski definition) is 4. The zero-order valence-electron chi connectivity index (χ0n) is 16.3. The first-order valence-electron chi connectivity index (χ1n) is 9.80. The van der Waals surface area contributed by atoms with E-state index >= 15 is 0 Å². The van der Waals surface area contributed by atoms with Gasteiger partial charge in [-0.3, -0.25) is 4.79 Å². The molecule has 148 valence electrons. The van der Waals surface area contributed by atoms with Crippen LogP contribution in [0.3, 0.4) is 0 Å². The lowest BCUT2D eigenvalue weighted by molar-refractivity contribution is -0.180. The van der Waals surface area contributed by atoms with E-state index in [1.165, 1.54) is 25.7 Å². The highest BCUT2D eigenvalue weighted by Crippen LogP contribution is 2.56. The molecule has 0 unspecified atom stereocenters. The highest BCUT2D eigenvalue weighted by molar-refractivity contribution is 7.48. The summed E-state index contributed by atoms with van der Waals surface area (Å²) < 4.78 is 20.7. The number of unbranched alkanes of at least 4 members (excludes halogenated alkanes) is 6. The van der Waals surface area contributed by atoms with Gasteiger partial charge in [-0.1, -0.05) is 65.2 Å². The van der Waals surface area contributed by atoms with Gasteiger partial charge in [0, 0.05) is 12.1 Å². The molecule has 0 aliphatic carbocycles. The summed E-state index contributed by atoms with van der Waals surface area (Å²) in [5.74, 6) is -0.337. The minimum Gasteiger partial charge on any atom is -0.333 e. The predicted octanol–water partition coefficient (Wildman–Crippen LogP) is 5.01. The normalized spacial score (nSPS) is 23.3. The van der Waals surface area contributed by atoms with Crippen LogP contribution >= 0.6 is 7.82 Å². The molecular formula is C18H36NO5P. The number of hydrogen-bond donors (Lipinski definition) is 1. The van der Waals surface area contributed by atoms with Crippen molar-refractivity contribution in [2.45, 2.75) is 104 Å². The maximum absolute atomic E-state index is 12.7. The van der Waals surface area contributed by atoms with Crippen molar-refractivity contribution in [1.29, 1.82) is 0 Å². The van der Waals surface area contributed by atoms with Crippen LogP contribution in [0.15, 0.2) is 0 Å². The third-order valence-corrected chi connectivity index (χ3v) is 5.95. The molecule has 0 aromatic carbocycles. The Balaban J connectivity index is 2.73. The van der Waals surface area contributed by atoms with Crippen LogP contribution in [0.2, 0.25) is 0 Å². The molecule has 0 saturated carbocycles. The molecule has 0 atom stereocenters. The minimum atomic E-state index is -3.99. The summed E-state index contributed by atoms with van der Waals surface area (Å²) >= 11 is 0. The first-order chi connectivity index (χ1) is 11.8. The van der Waals surface area contributed by atoms with Gasteiger partial charge < -0.3 is 9.79 Å². The van der Waals surface area contributed by atoms with Crippen molar-refractivity contribution in [2.24, 2.45) is 0 Å². The molecule has 0 aromatic rings. The fourth-order valence-electron chi connectivity index (χ4n) is 3.53. The lowest BCUT2D eigenvalue weighted by atomic mass is 9.86. The Morgan fingerprint density at radius 3 is 1.84 bits per heavy atom. The Bertz CT molecular complexity index is 435. The van der Waals surface area contributed by atoms with E-state index in [9.17, 15) is 9.36 Å². The number of phosphoric ester groups is 1. The SMILES string of the molecule is CCCCCCC(C)(CCCCCC)N(CC)C(=O)C1OP(=O)(O)O1. The molecule has 0 radical (unpaired) electrons. The van der Waals surface area contributed by atoms with Crippen molar-refractivity contribution in [3.8, 4) is 0 Å². The van der Waals surface area contributed by atoms with Gasteiger partial charge in [-0.2, -0.15) is 0 Å². The van der Waals surface area contributed by atoms with Crippen molar-refractivity contribution in [3.05, 3.63) is 0 Å². The highest BCUT2D eigenvalue weighted by atomic mass is 31.2. The second-order valence-electron chi connectivity index (χ2n) is 7.21. The highest BCUT2D eigenvalue weighted by Gasteiger charge is 2.50. The van der Waals surface area contributed by atoms with Gasteiger partial charge in [0.15, 0.2) is 0 Å². The minimum absolute atomic E-state index is 0.269. The third-order valence-electron chi connectivity index (χ3n) is 5.03. The molecule has 1 amide bonds. The molecule has 1 N–H and O–H groups in total. The number of rotatable bonds is 13. The van der Waals surface area contributed by atoms with Crippen LogP contribution in [0.5, 0.6) is 0 Å². The van der Waals surface area contributed by atoms with E-state index in [1.54, 1.807) is 4.90 Å². The average molecular weight is 377 g/mol. The lowest BCUT2D eigenvalue weighted by Crippen LogP contribution is -2.55. The summed E-state index contributed by atoms with van der Waals surface area (Å²) in [6.07, 6.45) is 9.87. The molecule has 0 aromatic heterocycles. The van der Waals surface area contributed by atoms with Crippen LogP contribution in [0.1, 0.15) is 91.9 Å². The van der Waals surface area contributed by atoms with Crippen LogP contribution < -0.4 is 0 Å². The predicted molar refractivity (Wildman–Crippen MR) is 99.1 cm³/mol. The van der Waals surface area contributed by atoms with E-state index < -0.39 is 14.1 Å². The standard InChI is InChI=1S/C18H36NO5P/c1-5-8-10-12-14-18(4,15-13-11-9-6-2)19(7-3)16(20)17-23-25(21,22)24-17/h17H,5-15H2,1-4H3,(H,21,22). The average Bonchev–Trinajstić information content (AvgIpc) is 2.54. The van der Waals surface area contributed by atoms with Crippen LogP contribution in [0, 0.1) is 0 Å². The fourth-order valence-corrected chi connectivity index (χ4v) is 4.21. The summed E-state index contributed by atoms with van der Waals surface area (Å²) in [4.78, 5) is 23.6. The van der Waals surface area contributed by atoms with E-state index in [-0.39, 0.29) is 11.4 Å². The summed E-state index contributed by atoms with van der Waals surface area (Å²) in [6, 6.07) is 0. The van der Waals surface area contributed by atoms with E-state index in [0.717, 1.165) is 38.5 Å². The van der Waals surface area contributed by atoms with Crippen LogP contribution in [-0.4, -0.2) is 34.1 Å². The summed E-state index contributed by atoms with van der Waals surface area (Å²) in [7, 11) is -3.99. The first-order valence-corrected chi connectivity index (χ1v) is 11.3. The van der Waals surface area contributed by atoms with Gasteiger partial charge in [-0.15, -0.1) is 0 Å². The van der Waals surface area contributed by atoms with Gasteiger partial charge in [-0.25, -0.2) is 13.6 Å². The zero-order valence-corrected chi connectivity index (χ0v) is 17.2. The Labute approximate surface area is 152 Å². The first kappa shape index (κ1) is 22.6. The molecule has 1 fully saturated rings. The number of likely N-dealkylation sites (N-methyl/N-ethyl adjacent to an activating group) is 1. The second-order valence-corrected chi connectivity index (χ2v) is 8.57. The molecule has 1 aliphatic heterocycles. The molecule has 1 rings (SSSR count). The topological polar surface area (TPSA) is 76.1 Å². The fraction of sp³-hybridized carbons (Fsp3) is 0.944. The van der Waals surface area contributed by atoms with Crippen molar-refractivity contribution in [2.75, 3.05) is 6.54 Å². The van der Waals surface area contributed by atoms with Gasteiger partial charge >= 0.3 is 7.82 Å². The smallest absolute Gasteiger partial charge is 0.333 e. The number of amides is 1. The van der Waals surface area contributed by atoms with Crippen LogP contribution in [0.4, 0.5) is 0 Å². The number of nitrogens with zero attached hydrogens (tertiary/aromatic N) is 1. The largest absolute Gasteiger partial charge is 0.477 e. The van der Waals surface area contributed by atoms with Gasteiger partial charge in [0.05, 0.1) is 0 Å². The maximum atomic E-state index is 12.7. The Morgan fingerprint density at radius 2 is 1.48 bits per heavy atom. The van der Waals surface area contributed by atoms with E-state index in [0.29, 0.717) is 6.54 Å². The molecule has 1 heterocycles. The van der Waals surface area contributed by atoms with Crippen molar-refractivity contribution in [3.63, 3.8) is 0 Å².